The van der Waals surface area contributed by atoms with Crippen molar-refractivity contribution in [3.63, 3.8) is 0 Å². The molecule has 1 aromatic heterocycles. The molecule has 1 aromatic carbocycles. The van der Waals surface area contributed by atoms with Gasteiger partial charge in [0, 0.05) is 38.4 Å². The number of amides is 1. The maximum atomic E-state index is 12.6. The van der Waals surface area contributed by atoms with Crippen molar-refractivity contribution in [2.24, 2.45) is 11.7 Å². The van der Waals surface area contributed by atoms with Crippen LogP contribution in [0.15, 0.2) is 30.5 Å². The molecule has 2 aromatic rings. The van der Waals surface area contributed by atoms with E-state index in [1.165, 1.54) is 11.3 Å². The molecule has 0 aliphatic carbocycles. The first-order valence-corrected chi connectivity index (χ1v) is 9.47. The third kappa shape index (κ3) is 3.44. The summed E-state index contributed by atoms with van der Waals surface area (Å²) in [7, 11) is 0. The summed E-state index contributed by atoms with van der Waals surface area (Å²) in [5.41, 5.74) is 8.78. The van der Waals surface area contributed by atoms with Gasteiger partial charge in [0.2, 0.25) is 0 Å². The highest BCUT2D eigenvalue weighted by Crippen LogP contribution is 2.30. The standard InChI is InChI=1S/C19H26N6O/c20-8-12-25-14-17(21-22-25)19(26)23-9-5-15(6-10-23)13-24-11-7-16-3-1-2-4-18(16)24/h1-4,14-15H,5-13,20H2. The molecule has 0 unspecified atom stereocenters. The molecule has 0 atom stereocenters. The molecular weight excluding hydrogens is 328 g/mol. The Hall–Kier alpha value is -2.41. The van der Waals surface area contributed by atoms with Gasteiger partial charge in [0.1, 0.15) is 0 Å². The van der Waals surface area contributed by atoms with Crippen LogP contribution in [0, 0.1) is 5.92 Å². The number of piperidine rings is 1. The molecule has 0 saturated carbocycles. The Morgan fingerprint density at radius 3 is 2.81 bits per heavy atom. The van der Waals surface area contributed by atoms with E-state index in [4.69, 9.17) is 5.73 Å². The molecule has 0 spiro atoms. The molecule has 0 bridgehead atoms. The molecule has 2 aliphatic heterocycles. The van der Waals surface area contributed by atoms with Crippen molar-refractivity contribution in [2.45, 2.75) is 25.8 Å². The quantitative estimate of drug-likeness (QED) is 0.871. The highest BCUT2D eigenvalue weighted by atomic mass is 16.2. The maximum Gasteiger partial charge on any atom is 0.276 e. The van der Waals surface area contributed by atoms with E-state index in [1.807, 2.05) is 4.90 Å². The fraction of sp³-hybridized carbons (Fsp3) is 0.526. The number of rotatable bonds is 5. The molecule has 1 saturated heterocycles. The van der Waals surface area contributed by atoms with Crippen molar-refractivity contribution in [3.8, 4) is 0 Å². The molecule has 4 rings (SSSR count). The molecule has 1 amide bonds. The van der Waals surface area contributed by atoms with Gasteiger partial charge < -0.3 is 15.5 Å². The van der Waals surface area contributed by atoms with Gasteiger partial charge in [0.15, 0.2) is 5.69 Å². The van der Waals surface area contributed by atoms with Crippen molar-refractivity contribution >= 4 is 11.6 Å². The predicted octanol–water partition coefficient (Wildman–Crippen LogP) is 1.15. The summed E-state index contributed by atoms with van der Waals surface area (Å²) in [5, 5.41) is 7.95. The molecule has 2 N–H and O–H groups in total. The van der Waals surface area contributed by atoms with Gasteiger partial charge in [-0.25, -0.2) is 0 Å². The zero-order valence-electron chi connectivity index (χ0n) is 15.0. The second-order valence-electron chi connectivity index (χ2n) is 7.22. The summed E-state index contributed by atoms with van der Waals surface area (Å²) in [5.74, 6) is 0.622. The Kier molecular flexibility index (Phi) is 4.88. The van der Waals surface area contributed by atoms with Crippen LogP contribution in [0.3, 0.4) is 0 Å². The number of hydrogen-bond acceptors (Lipinski definition) is 5. The van der Waals surface area contributed by atoms with Crippen molar-refractivity contribution in [3.05, 3.63) is 41.7 Å². The number of hydrogen-bond donors (Lipinski definition) is 1. The van der Waals surface area contributed by atoms with Crippen LogP contribution in [0.5, 0.6) is 0 Å². The summed E-state index contributed by atoms with van der Waals surface area (Å²) in [6.45, 7) is 4.86. The lowest BCUT2D eigenvalue weighted by atomic mass is 9.96. The second kappa shape index (κ2) is 7.45. The van der Waals surface area contributed by atoms with E-state index < -0.39 is 0 Å². The smallest absolute Gasteiger partial charge is 0.276 e. The highest BCUT2D eigenvalue weighted by Gasteiger charge is 2.28. The fourth-order valence-electron chi connectivity index (χ4n) is 4.03. The van der Waals surface area contributed by atoms with E-state index in [2.05, 4.69) is 39.5 Å². The van der Waals surface area contributed by atoms with E-state index in [9.17, 15) is 4.79 Å². The molecule has 0 radical (unpaired) electrons. The monoisotopic (exact) mass is 354 g/mol. The minimum atomic E-state index is -0.0155. The van der Waals surface area contributed by atoms with Gasteiger partial charge in [-0.2, -0.15) is 0 Å². The maximum absolute atomic E-state index is 12.6. The van der Waals surface area contributed by atoms with Crippen molar-refractivity contribution in [1.29, 1.82) is 0 Å². The zero-order valence-corrected chi connectivity index (χ0v) is 15.0. The van der Waals surface area contributed by atoms with Crippen molar-refractivity contribution in [2.75, 3.05) is 37.6 Å². The Bertz CT molecular complexity index is 765. The van der Waals surface area contributed by atoms with Crippen LogP contribution < -0.4 is 10.6 Å². The van der Waals surface area contributed by atoms with Crippen LogP contribution in [0.1, 0.15) is 28.9 Å². The molecule has 1 fully saturated rings. The summed E-state index contributed by atoms with van der Waals surface area (Å²) in [6.07, 6.45) is 4.93. The van der Waals surface area contributed by atoms with Crippen LogP contribution in [0.2, 0.25) is 0 Å². The Morgan fingerprint density at radius 2 is 2.00 bits per heavy atom. The van der Waals surface area contributed by atoms with Gasteiger partial charge in [-0.1, -0.05) is 23.4 Å². The van der Waals surface area contributed by atoms with Crippen LogP contribution in [0.25, 0.3) is 0 Å². The summed E-state index contributed by atoms with van der Waals surface area (Å²) < 4.78 is 1.63. The van der Waals surface area contributed by atoms with E-state index in [0.29, 0.717) is 24.7 Å². The van der Waals surface area contributed by atoms with Gasteiger partial charge in [0.25, 0.3) is 5.91 Å². The zero-order chi connectivity index (χ0) is 17.9. The Labute approximate surface area is 153 Å². The van der Waals surface area contributed by atoms with Crippen LogP contribution in [-0.4, -0.2) is 58.5 Å². The third-order valence-electron chi connectivity index (χ3n) is 5.48. The summed E-state index contributed by atoms with van der Waals surface area (Å²) >= 11 is 0. The van der Waals surface area contributed by atoms with Crippen LogP contribution >= 0.6 is 0 Å². The Balaban J connectivity index is 1.31. The molecule has 138 valence electrons. The van der Waals surface area contributed by atoms with Crippen molar-refractivity contribution in [1.82, 2.24) is 19.9 Å². The first-order valence-electron chi connectivity index (χ1n) is 9.47. The largest absolute Gasteiger partial charge is 0.371 e. The number of carbonyl (C=O) groups is 1. The third-order valence-corrected chi connectivity index (χ3v) is 5.48. The number of nitrogens with two attached hydrogens (primary N) is 1. The second-order valence-corrected chi connectivity index (χ2v) is 7.22. The molecule has 7 heteroatoms. The first-order chi connectivity index (χ1) is 12.7. The van der Waals surface area contributed by atoms with Gasteiger partial charge in [-0.05, 0) is 36.8 Å². The van der Waals surface area contributed by atoms with E-state index in [-0.39, 0.29) is 5.91 Å². The normalized spacial score (nSPS) is 17.6. The van der Waals surface area contributed by atoms with E-state index >= 15 is 0 Å². The fourth-order valence-corrected chi connectivity index (χ4v) is 4.03. The van der Waals surface area contributed by atoms with Crippen LogP contribution in [-0.2, 0) is 13.0 Å². The molecule has 3 heterocycles. The minimum Gasteiger partial charge on any atom is -0.371 e. The molecular formula is C19H26N6O. The van der Waals surface area contributed by atoms with E-state index in [1.54, 1.807) is 10.9 Å². The molecule has 7 nitrogen and oxygen atoms in total. The Morgan fingerprint density at radius 1 is 1.19 bits per heavy atom. The lowest BCUT2D eigenvalue weighted by Crippen LogP contribution is -2.41. The van der Waals surface area contributed by atoms with Gasteiger partial charge >= 0.3 is 0 Å². The summed E-state index contributed by atoms with van der Waals surface area (Å²) in [4.78, 5) is 17.0. The number of anilines is 1. The van der Waals surface area contributed by atoms with Crippen LogP contribution in [0.4, 0.5) is 5.69 Å². The average molecular weight is 354 g/mol. The lowest BCUT2D eigenvalue weighted by Gasteiger charge is -2.34. The van der Waals surface area contributed by atoms with E-state index in [0.717, 1.165) is 45.4 Å². The number of aromatic nitrogens is 3. The van der Waals surface area contributed by atoms with Gasteiger partial charge in [-0.3, -0.25) is 9.48 Å². The average Bonchev–Trinajstić information content (AvgIpc) is 3.30. The number of benzene rings is 1. The number of para-hydroxylation sites is 1. The van der Waals surface area contributed by atoms with Crippen molar-refractivity contribution < 1.29 is 4.79 Å². The predicted molar refractivity (Wildman–Crippen MR) is 100 cm³/mol. The first kappa shape index (κ1) is 17.0. The molecule has 2 aliphatic rings. The number of fused-ring (bicyclic) bond motifs is 1. The number of carbonyl (C=O) groups excluding carboxylic acids is 1. The topological polar surface area (TPSA) is 80.3 Å². The summed E-state index contributed by atoms with van der Waals surface area (Å²) in [6, 6.07) is 8.70. The number of likely N-dealkylation sites (tertiary alicyclic amines) is 1. The molecule has 26 heavy (non-hydrogen) atoms. The minimum absolute atomic E-state index is 0.0155. The SMILES string of the molecule is NCCn1cc(C(=O)N2CCC(CN3CCc4ccccc43)CC2)nn1. The lowest BCUT2D eigenvalue weighted by molar-refractivity contribution is 0.0687. The van der Waals surface area contributed by atoms with Gasteiger partial charge in [0.05, 0.1) is 12.7 Å². The highest BCUT2D eigenvalue weighted by molar-refractivity contribution is 5.92. The van der Waals surface area contributed by atoms with Gasteiger partial charge in [-0.15, -0.1) is 5.10 Å². The number of nitrogens with zero attached hydrogens (tertiary/aromatic N) is 5.